The number of thiophene rings is 1. The van der Waals surface area contributed by atoms with E-state index in [4.69, 9.17) is 4.74 Å². The minimum absolute atomic E-state index is 0.0116. The fourth-order valence-electron chi connectivity index (χ4n) is 1.89. The van der Waals surface area contributed by atoms with Crippen LogP contribution in [0.1, 0.15) is 24.6 Å². The molecule has 0 amide bonds. The minimum Gasteiger partial charge on any atom is -0.387 e. The van der Waals surface area contributed by atoms with Gasteiger partial charge < -0.3 is 9.84 Å². The lowest BCUT2D eigenvalue weighted by Gasteiger charge is -2.25. The highest BCUT2D eigenvalue weighted by molar-refractivity contribution is 7.09. The van der Waals surface area contributed by atoms with Gasteiger partial charge in [0.05, 0.1) is 11.7 Å². The van der Waals surface area contributed by atoms with E-state index in [1.54, 1.807) is 11.3 Å². The fourth-order valence-corrected chi connectivity index (χ4v) is 2.60. The number of rotatable bonds is 3. The summed E-state index contributed by atoms with van der Waals surface area (Å²) in [6, 6.07) is 4.17. The molecule has 1 saturated heterocycles. The zero-order valence-corrected chi connectivity index (χ0v) is 9.22. The monoisotopic (exact) mass is 212 g/mol. The first kappa shape index (κ1) is 10.1. The standard InChI is InChI=1S/C11H16O2S/c1-9-11(12,6-7-13-9)5-4-10-3-2-8-14-10/h2-3,8-9,12H,4-7H2,1H3. The zero-order chi connectivity index (χ0) is 10.0. The van der Waals surface area contributed by atoms with E-state index in [0.717, 1.165) is 19.3 Å². The molecule has 0 spiro atoms. The second kappa shape index (κ2) is 4.01. The Morgan fingerprint density at radius 2 is 2.57 bits per heavy atom. The van der Waals surface area contributed by atoms with Gasteiger partial charge in [-0.2, -0.15) is 0 Å². The van der Waals surface area contributed by atoms with Crippen molar-refractivity contribution in [2.75, 3.05) is 6.61 Å². The van der Waals surface area contributed by atoms with Crippen LogP contribution in [-0.2, 0) is 11.2 Å². The van der Waals surface area contributed by atoms with Gasteiger partial charge in [0.1, 0.15) is 0 Å². The molecule has 1 N–H and O–H groups in total. The normalized spacial score (nSPS) is 32.3. The minimum atomic E-state index is -0.593. The molecule has 1 aliphatic rings. The second-order valence-corrected chi connectivity index (χ2v) is 4.98. The Morgan fingerprint density at radius 1 is 1.71 bits per heavy atom. The van der Waals surface area contributed by atoms with E-state index in [9.17, 15) is 5.11 Å². The summed E-state index contributed by atoms with van der Waals surface area (Å²) in [7, 11) is 0. The Bertz CT molecular complexity index is 283. The Kier molecular flexibility index (Phi) is 2.91. The molecule has 1 aromatic rings. The van der Waals surface area contributed by atoms with E-state index in [-0.39, 0.29) is 6.10 Å². The lowest BCUT2D eigenvalue weighted by atomic mass is 9.91. The molecule has 0 aliphatic carbocycles. The van der Waals surface area contributed by atoms with Gasteiger partial charge in [0.2, 0.25) is 0 Å². The van der Waals surface area contributed by atoms with Gasteiger partial charge in [0.25, 0.3) is 0 Å². The summed E-state index contributed by atoms with van der Waals surface area (Å²) in [6.45, 7) is 2.66. The van der Waals surface area contributed by atoms with E-state index in [0.29, 0.717) is 6.61 Å². The summed E-state index contributed by atoms with van der Waals surface area (Å²) in [5, 5.41) is 12.3. The Labute approximate surface area is 88.5 Å². The van der Waals surface area contributed by atoms with Crippen molar-refractivity contribution in [1.29, 1.82) is 0 Å². The van der Waals surface area contributed by atoms with Gasteiger partial charge in [-0.1, -0.05) is 6.07 Å². The van der Waals surface area contributed by atoms with E-state index in [1.165, 1.54) is 4.88 Å². The van der Waals surface area contributed by atoms with Gasteiger partial charge in [0, 0.05) is 17.9 Å². The van der Waals surface area contributed by atoms with Crippen LogP contribution in [0.5, 0.6) is 0 Å². The third kappa shape index (κ3) is 2.00. The van der Waals surface area contributed by atoms with Crippen molar-refractivity contribution in [2.45, 2.75) is 37.9 Å². The highest BCUT2D eigenvalue weighted by Crippen LogP contribution is 2.30. The largest absolute Gasteiger partial charge is 0.387 e. The van der Waals surface area contributed by atoms with Crippen molar-refractivity contribution in [3.05, 3.63) is 22.4 Å². The summed E-state index contributed by atoms with van der Waals surface area (Å²) < 4.78 is 5.39. The van der Waals surface area contributed by atoms with Crippen LogP contribution in [0.4, 0.5) is 0 Å². The summed E-state index contributed by atoms with van der Waals surface area (Å²) in [5.74, 6) is 0. The predicted molar refractivity (Wildman–Crippen MR) is 57.6 cm³/mol. The molecule has 2 nitrogen and oxygen atoms in total. The number of aliphatic hydroxyl groups is 1. The van der Waals surface area contributed by atoms with Crippen LogP contribution in [-0.4, -0.2) is 23.4 Å². The molecule has 3 heteroatoms. The van der Waals surface area contributed by atoms with Gasteiger partial charge in [-0.25, -0.2) is 0 Å². The number of ether oxygens (including phenoxy) is 1. The lowest BCUT2D eigenvalue weighted by molar-refractivity contribution is -0.0326. The Balaban J connectivity index is 1.91. The number of aryl methyl sites for hydroxylation is 1. The Morgan fingerprint density at radius 3 is 3.14 bits per heavy atom. The smallest absolute Gasteiger partial charge is 0.0930 e. The topological polar surface area (TPSA) is 29.5 Å². The first-order valence-corrected chi connectivity index (χ1v) is 5.95. The maximum atomic E-state index is 10.2. The third-order valence-corrected chi connectivity index (χ3v) is 3.98. The maximum Gasteiger partial charge on any atom is 0.0930 e. The average Bonchev–Trinajstić information content (AvgIpc) is 2.75. The van der Waals surface area contributed by atoms with Crippen molar-refractivity contribution in [3.63, 3.8) is 0 Å². The van der Waals surface area contributed by atoms with Crippen molar-refractivity contribution >= 4 is 11.3 Å². The molecule has 2 atom stereocenters. The predicted octanol–water partition coefficient (Wildman–Crippen LogP) is 2.22. The van der Waals surface area contributed by atoms with Crippen LogP contribution in [0.3, 0.4) is 0 Å². The molecule has 1 aliphatic heterocycles. The lowest BCUT2D eigenvalue weighted by Crippen LogP contribution is -2.36. The Hall–Kier alpha value is -0.380. The molecule has 2 heterocycles. The van der Waals surface area contributed by atoms with Crippen molar-refractivity contribution in [3.8, 4) is 0 Å². The summed E-state index contributed by atoms with van der Waals surface area (Å²) in [6.07, 6.45) is 2.54. The van der Waals surface area contributed by atoms with Crippen LogP contribution in [0.15, 0.2) is 17.5 Å². The zero-order valence-electron chi connectivity index (χ0n) is 8.40. The summed E-state index contributed by atoms with van der Waals surface area (Å²) in [4.78, 5) is 1.34. The third-order valence-electron chi connectivity index (χ3n) is 3.04. The van der Waals surface area contributed by atoms with E-state index < -0.39 is 5.60 Å². The highest BCUT2D eigenvalue weighted by Gasteiger charge is 2.38. The van der Waals surface area contributed by atoms with Crippen molar-refractivity contribution in [2.24, 2.45) is 0 Å². The first-order chi connectivity index (χ1) is 6.71. The van der Waals surface area contributed by atoms with Crippen molar-refractivity contribution < 1.29 is 9.84 Å². The molecule has 2 unspecified atom stereocenters. The molecule has 1 aromatic heterocycles. The molecular formula is C11H16O2S. The molecule has 14 heavy (non-hydrogen) atoms. The van der Waals surface area contributed by atoms with E-state index in [1.807, 2.05) is 6.92 Å². The average molecular weight is 212 g/mol. The fraction of sp³-hybridized carbons (Fsp3) is 0.636. The van der Waals surface area contributed by atoms with Crippen LogP contribution in [0, 0.1) is 0 Å². The molecule has 0 radical (unpaired) electrons. The van der Waals surface area contributed by atoms with Gasteiger partial charge in [0.15, 0.2) is 0 Å². The van der Waals surface area contributed by atoms with Gasteiger partial charge in [-0.3, -0.25) is 0 Å². The molecule has 2 rings (SSSR count). The second-order valence-electron chi connectivity index (χ2n) is 3.95. The van der Waals surface area contributed by atoms with E-state index in [2.05, 4.69) is 17.5 Å². The van der Waals surface area contributed by atoms with Crippen LogP contribution >= 0.6 is 11.3 Å². The van der Waals surface area contributed by atoms with Gasteiger partial charge in [-0.15, -0.1) is 11.3 Å². The maximum absolute atomic E-state index is 10.2. The molecule has 0 saturated carbocycles. The summed E-state index contributed by atoms with van der Waals surface area (Å²) in [5.41, 5.74) is -0.593. The SMILES string of the molecule is CC1OCCC1(O)CCc1cccs1. The highest BCUT2D eigenvalue weighted by atomic mass is 32.1. The van der Waals surface area contributed by atoms with Gasteiger partial charge >= 0.3 is 0 Å². The summed E-state index contributed by atoms with van der Waals surface area (Å²) >= 11 is 1.75. The van der Waals surface area contributed by atoms with Crippen LogP contribution in [0.2, 0.25) is 0 Å². The van der Waals surface area contributed by atoms with Crippen LogP contribution < -0.4 is 0 Å². The molecule has 0 bridgehead atoms. The van der Waals surface area contributed by atoms with Crippen LogP contribution in [0.25, 0.3) is 0 Å². The number of hydrogen-bond donors (Lipinski definition) is 1. The number of hydrogen-bond acceptors (Lipinski definition) is 3. The van der Waals surface area contributed by atoms with Gasteiger partial charge in [-0.05, 0) is 31.2 Å². The molecular weight excluding hydrogens is 196 g/mol. The first-order valence-electron chi connectivity index (χ1n) is 5.07. The molecule has 0 aromatic carbocycles. The molecule has 78 valence electrons. The van der Waals surface area contributed by atoms with E-state index >= 15 is 0 Å². The van der Waals surface area contributed by atoms with Crippen molar-refractivity contribution in [1.82, 2.24) is 0 Å². The molecule has 1 fully saturated rings. The quantitative estimate of drug-likeness (QED) is 0.832.